The molecule has 3 aromatic carbocycles. The van der Waals surface area contributed by atoms with Gasteiger partial charge in [-0.3, -0.25) is 0 Å². The molecule has 5 heteroatoms. The van der Waals surface area contributed by atoms with Crippen LogP contribution in [0, 0.1) is 24.2 Å². The van der Waals surface area contributed by atoms with E-state index in [1.165, 1.54) is 33.4 Å². The van der Waals surface area contributed by atoms with E-state index < -0.39 is 8.07 Å². The fourth-order valence-corrected chi connectivity index (χ4v) is 14.4. The average molecular weight is 714 g/mol. The van der Waals surface area contributed by atoms with E-state index >= 15 is 0 Å². The summed E-state index contributed by atoms with van der Waals surface area (Å²) < 4.78 is 0. The molecule has 1 saturated carbocycles. The Kier molecular flexibility index (Phi) is 17.2. The number of rotatable bonds is 10. The molecule has 1 fully saturated rings. The van der Waals surface area contributed by atoms with Gasteiger partial charge in [-0.05, 0) is 93.4 Å². The van der Waals surface area contributed by atoms with Crippen molar-refractivity contribution in [1.29, 1.82) is 0 Å². The third kappa shape index (κ3) is 8.16. The number of halogens is 3. The summed E-state index contributed by atoms with van der Waals surface area (Å²) in [6.45, 7) is 16.5. The number of hydrogen-bond donors (Lipinski definition) is 0. The molecule has 0 N–H and O–H groups in total. The van der Waals surface area contributed by atoms with Crippen LogP contribution in [0.5, 0.6) is 0 Å². The number of hydrogen-bond acceptors (Lipinski definition) is 0. The maximum Gasteiger partial charge on any atom is 4.00 e. The first-order chi connectivity index (χ1) is 19.9. The van der Waals surface area contributed by atoms with Gasteiger partial charge in [-0.1, -0.05) is 127 Å². The number of allylic oxidation sites excluding steroid dienone is 4. The average Bonchev–Trinajstić information content (AvgIpc) is 3.36. The molecule has 4 atom stereocenters. The van der Waals surface area contributed by atoms with Crippen LogP contribution in [-0.2, 0) is 60.2 Å². The van der Waals surface area contributed by atoms with Crippen molar-refractivity contribution >= 4 is 23.6 Å². The van der Waals surface area contributed by atoms with E-state index in [2.05, 4.69) is 134 Å². The Balaban J connectivity index is 0.00000253. The quantitative estimate of drug-likeness (QED) is 0.146. The molecule has 0 heterocycles. The fraction of sp³-hybridized carbons (Fsp3) is 0.425. The summed E-state index contributed by atoms with van der Waals surface area (Å²) in [5.74, 6) is 1.58. The molecule has 0 aromatic heterocycles. The number of benzene rings is 3. The zero-order chi connectivity index (χ0) is 29.1. The molecular formula is C40H51Cl3SiTi. The van der Waals surface area contributed by atoms with Crippen LogP contribution >= 0.6 is 0 Å². The van der Waals surface area contributed by atoms with Crippen LogP contribution in [0.25, 0.3) is 0 Å². The van der Waals surface area contributed by atoms with E-state index in [1.54, 1.807) is 15.6 Å². The molecule has 45 heavy (non-hydrogen) atoms. The molecule has 0 amide bonds. The Morgan fingerprint density at radius 2 is 0.822 bits per heavy atom. The molecule has 0 saturated heterocycles. The van der Waals surface area contributed by atoms with Gasteiger partial charge in [0.15, 0.2) is 0 Å². The van der Waals surface area contributed by atoms with E-state index in [1.807, 2.05) is 0 Å². The van der Waals surface area contributed by atoms with Gasteiger partial charge in [0.1, 0.15) is 8.07 Å². The predicted octanol–water partition coefficient (Wildman–Crippen LogP) is -0.877. The smallest absolute Gasteiger partial charge is 1.00 e. The van der Waals surface area contributed by atoms with Gasteiger partial charge < -0.3 is 43.6 Å². The van der Waals surface area contributed by atoms with Crippen LogP contribution < -0.4 is 52.8 Å². The molecule has 0 bridgehead atoms. The van der Waals surface area contributed by atoms with E-state index in [4.69, 9.17) is 0 Å². The summed E-state index contributed by atoms with van der Waals surface area (Å²) in [6.07, 6.45) is 18.8. The van der Waals surface area contributed by atoms with Crippen molar-refractivity contribution in [2.75, 3.05) is 0 Å². The topological polar surface area (TPSA) is 0 Å². The maximum atomic E-state index is 2.69. The molecule has 5 rings (SSSR count). The standard InChI is InChI=1S/C40H51Si.3ClH.Ti/c1-8-29-19-30(9-2)23-36(22-29)41(37-24-31(10-3)20-32(11-4)25-37,38-26-33(12-5)21-34(13-6)27-38)40-28(7)18-35-16-14-15-17-39(35)40;;;;/h14-28,35,39-40H,8-13H2,1-7H3;3*1H;/q-1;;;;+4/p-3. The zero-order valence-electron chi connectivity index (χ0n) is 28.3. The summed E-state index contributed by atoms with van der Waals surface area (Å²) in [5, 5.41) is 4.90. The molecule has 2 aliphatic carbocycles. The number of aryl methyl sites for hydroxylation is 6. The van der Waals surface area contributed by atoms with Crippen LogP contribution in [-0.4, -0.2) is 8.07 Å². The molecule has 0 spiro atoms. The summed E-state index contributed by atoms with van der Waals surface area (Å²) in [6, 6.07) is 23.3. The van der Waals surface area contributed by atoms with Crippen molar-refractivity contribution < 1.29 is 58.9 Å². The van der Waals surface area contributed by atoms with Crippen LogP contribution in [0.3, 0.4) is 0 Å². The molecule has 0 radical (unpaired) electrons. The van der Waals surface area contributed by atoms with Crippen molar-refractivity contribution in [3.8, 4) is 0 Å². The molecular weight excluding hydrogens is 663 g/mol. The first-order valence-corrected chi connectivity index (χ1v) is 18.6. The second-order valence-corrected chi connectivity index (χ2v) is 16.6. The number of fused-ring (bicyclic) bond motifs is 1. The minimum Gasteiger partial charge on any atom is -1.00 e. The van der Waals surface area contributed by atoms with Gasteiger partial charge in [0.25, 0.3) is 0 Å². The molecule has 240 valence electrons. The Hall–Kier alpha value is -1.06. The second-order valence-electron chi connectivity index (χ2n) is 12.5. The van der Waals surface area contributed by atoms with E-state index in [-0.39, 0.29) is 58.9 Å². The van der Waals surface area contributed by atoms with Crippen LogP contribution in [0.1, 0.15) is 81.8 Å². The molecule has 3 aromatic rings. The summed E-state index contributed by atoms with van der Waals surface area (Å²) in [4.78, 5) is 0. The summed E-state index contributed by atoms with van der Waals surface area (Å²) in [5.41, 5.74) is 9.51. The Bertz CT molecular complexity index is 1240. The van der Waals surface area contributed by atoms with Crippen LogP contribution in [0.2, 0.25) is 5.54 Å². The van der Waals surface area contributed by atoms with Crippen molar-refractivity contribution in [3.05, 3.63) is 119 Å². The van der Waals surface area contributed by atoms with Gasteiger partial charge in [-0.2, -0.15) is 5.92 Å². The van der Waals surface area contributed by atoms with Gasteiger partial charge in [0.05, 0.1) is 0 Å². The fourth-order valence-electron chi connectivity index (χ4n) is 7.97. The minimum atomic E-state index is -2.56. The third-order valence-corrected chi connectivity index (χ3v) is 15.7. The Labute approximate surface area is 309 Å². The molecule has 0 aliphatic heterocycles. The first-order valence-electron chi connectivity index (χ1n) is 16.5. The van der Waals surface area contributed by atoms with Gasteiger partial charge in [-0.25, -0.2) is 0 Å². The van der Waals surface area contributed by atoms with Crippen LogP contribution in [0.4, 0.5) is 0 Å². The first kappa shape index (κ1) is 42.0. The zero-order valence-corrected chi connectivity index (χ0v) is 33.1. The SMILES string of the molecule is CCc1cc(CC)cc([Si](c2cc(CC)cc(CC)c2)(c2cc(CC)cc(CC)c2)C2C(C)[CH-]C3C=CC=CC32)c1.[Cl-].[Cl-].[Cl-].[Ti+4]. The van der Waals surface area contributed by atoms with Gasteiger partial charge >= 0.3 is 21.7 Å². The van der Waals surface area contributed by atoms with Gasteiger partial charge in [-0.15, -0.1) is 12.0 Å². The van der Waals surface area contributed by atoms with Crippen molar-refractivity contribution in [1.82, 2.24) is 0 Å². The van der Waals surface area contributed by atoms with E-state index in [0.29, 0.717) is 23.3 Å². The Morgan fingerprint density at radius 1 is 0.511 bits per heavy atom. The molecule has 0 nitrogen and oxygen atoms in total. The van der Waals surface area contributed by atoms with Gasteiger partial charge in [0.2, 0.25) is 0 Å². The van der Waals surface area contributed by atoms with Crippen molar-refractivity contribution in [2.45, 2.75) is 92.5 Å². The largest absolute Gasteiger partial charge is 4.00 e. The normalized spacial score (nSPS) is 19.9. The van der Waals surface area contributed by atoms with Crippen molar-refractivity contribution in [3.63, 3.8) is 0 Å². The van der Waals surface area contributed by atoms with Crippen LogP contribution in [0.15, 0.2) is 78.9 Å². The second kappa shape index (κ2) is 18.5. The summed E-state index contributed by atoms with van der Waals surface area (Å²) in [7, 11) is -2.56. The monoisotopic (exact) mass is 712 g/mol. The van der Waals surface area contributed by atoms with Gasteiger partial charge in [0, 0.05) is 0 Å². The van der Waals surface area contributed by atoms with Crippen molar-refractivity contribution in [2.24, 2.45) is 17.8 Å². The Morgan fingerprint density at radius 3 is 1.13 bits per heavy atom. The molecule has 4 unspecified atom stereocenters. The maximum absolute atomic E-state index is 2.69. The summed E-state index contributed by atoms with van der Waals surface area (Å²) >= 11 is 0. The predicted molar refractivity (Wildman–Crippen MR) is 183 cm³/mol. The molecule has 2 aliphatic rings. The third-order valence-electron chi connectivity index (χ3n) is 10.2. The minimum absolute atomic E-state index is 0. The van der Waals surface area contributed by atoms with E-state index in [0.717, 1.165) is 38.5 Å². The van der Waals surface area contributed by atoms with E-state index in [9.17, 15) is 0 Å².